The van der Waals surface area contributed by atoms with Crippen molar-refractivity contribution in [1.82, 2.24) is 10.6 Å². The first-order valence-corrected chi connectivity index (χ1v) is 11.2. The lowest BCUT2D eigenvalue weighted by atomic mass is 10.0. The summed E-state index contributed by atoms with van der Waals surface area (Å²) in [6, 6.07) is 18.5. The first kappa shape index (κ1) is 23.3. The van der Waals surface area contributed by atoms with Gasteiger partial charge < -0.3 is 26.0 Å². The molecule has 0 radical (unpaired) electrons. The zero-order chi connectivity index (χ0) is 23.9. The number of nitrogens with zero attached hydrogens (tertiary/aromatic N) is 1. The summed E-state index contributed by atoms with van der Waals surface area (Å²) >= 11 is 0. The van der Waals surface area contributed by atoms with E-state index in [0.29, 0.717) is 11.3 Å². The number of amides is 2. The summed E-state index contributed by atoms with van der Waals surface area (Å²) in [7, 11) is 0. The van der Waals surface area contributed by atoms with Crippen LogP contribution in [-0.4, -0.2) is 49.1 Å². The van der Waals surface area contributed by atoms with Crippen molar-refractivity contribution in [2.24, 2.45) is 0 Å². The van der Waals surface area contributed by atoms with E-state index in [1.807, 2.05) is 0 Å². The van der Waals surface area contributed by atoms with Gasteiger partial charge in [0.05, 0.1) is 11.4 Å². The van der Waals surface area contributed by atoms with Crippen molar-refractivity contribution in [1.29, 1.82) is 0 Å². The Morgan fingerprint density at radius 3 is 2.41 bits per heavy atom. The Kier molecular flexibility index (Phi) is 7.39. The van der Waals surface area contributed by atoms with Crippen LogP contribution in [0.2, 0.25) is 0 Å². The minimum atomic E-state index is -0.920. The van der Waals surface area contributed by atoms with Gasteiger partial charge in [0.25, 0.3) is 5.91 Å². The van der Waals surface area contributed by atoms with Gasteiger partial charge in [-0.3, -0.25) is 9.59 Å². The van der Waals surface area contributed by atoms with Gasteiger partial charge in [-0.15, -0.1) is 0 Å². The van der Waals surface area contributed by atoms with Crippen LogP contribution in [-0.2, 0) is 11.2 Å². The largest absolute Gasteiger partial charge is 0.508 e. The van der Waals surface area contributed by atoms with E-state index >= 15 is 0 Å². The average Bonchev–Trinajstić information content (AvgIpc) is 2.86. The molecule has 0 aromatic heterocycles. The number of phenolic OH excluding ortho intramolecular Hbond substituents is 1. The molecule has 2 amide bonds. The highest BCUT2D eigenvalue weighted by Gasteiger charge is 2.24. The summed E-state index contributed by atoms with van der Waals surface area (Å²) < 4.78 is 14.1. The number of halogens is 1. The van der Waals surface area contributed by atoms with Crippen molar-refractivity contribution in [3.63, 3.8) is 0 Å². The number of anilines is 2. The van der Waals surface area contributed by atoms with E-state index < -0.39 is 17.8 Å². The molecule has 176 valence electrons. The number of rotatable bonds is 7. The molecule has 1 unspecified atom stereocenters. The lowest BCUT2D eigenvalue weighted by Gasteiger charge is -2.31. The molecule has 1 aliphatic heterocycles. The monoisotopic (exact) mass is 462 g/mol. The van der Waals surface area contributed by atoms with Crippen LogP contribution in [0.15, 0.2) is 72.8 Å². The molecule has 0 saturated carbocycles. The molecule has 0 aliphatic carbocycles. The number of aromatic hydroxyl groups is 1. The van der Waals surface area contributed by atoms with Crippen LogP contribution in [0.5, 0.6) is 5.75 Å². The summed E-state index contributed by atoms with van der Waals surface area (Å²) in [4.78, 5) is 28.3. The molecular formula is C26H27FN4O3. The average molecular weight is 463 g/mol. The van der Waals surface area contributed by atoms with E-state index in [4.69, 9.17) is 0 Å². The second-order valence-electron chi connectivity index (χ2n) is 8.15. The maximum atomic E-state index is 14.1. The Balaban J connectivity index is 1.58. The number of carbonyl (C=O) groups excluding carboxylic acids is 2. The van der Waals surface area contributed by atoms with Crippen LogP contribution in [0.1, 0.15) is 15.9 Å². The van der Waals surface area contributed by atoms with Crippen LogP contribution in [0.4, 0.5) is 15.8 Å². The van der Waals surface area contributed by atoms with Crippen molar-refractivity contribution < 1.29 is 19.1 Å². The third-order valence-corrected chi connectivity index (χ3v) is 5.71. The zero-order valence-corrected chi connectivity index (χ0v) is 18.6. The Bertz CT molecular complexity index is 1130. The van der Waals surface area contributed by atoms with Crippen molar-refractivity contribution in [2.75, 3.05) is 36.4 Å². The molecule has 8 heteroatoms. The molecule has 1 atom stereocenters. The van der Waals surface area contributed by atoms with Crippen molar-refractivity contribution in [2.45, 2.75) is 12.5 Å². The first-order chi connectivity index (χ1) is 16.5. The highest BCUT2D eigenvalue weighted by molar-refractivity contribution is 6.02. The minimum absolute atomic E-state index is 0.110. The number of nitrogens with one attached hydrogen (secondary N) is 3. The lowest BCUT2D eigenvalue weighted by molar-refractivity contribution is -0.118. The second-order valence-corrected chi connectivity index (χ2v) is 8.15. The van der Waals surface area contributed by atoms with Crippen LogP contribution in [0.3, 0.4) is 0 Å². The summed E-state index contributed by atoms with van der Waals surface area (Å²) in [5.74, 6) is -1.20. The number of carbonyl (C=O) groups is 2. The molecule has 0 bridgehead atoms. The van der Waals surface area contributed by atoms with Gasteiger partial charge in [-0.25, -0.2) is 4.39 Å². The van der Waals surface area contributed by atoms with E-state index in [1.165, 1.54) is 24.3 Å². The Labute approximate surface area is 197 Å². The third-order valence-electron chi connectivity index (χ3n) is 5.71. The summed E-state index contributed by atoms with van der Waals surface area (Å²) in [6.07, 6.45) is 0.197. The summed E-state index contributed by atoms with van der Waals surface area (Å²) in [6.45, 7) is 3.05. The molecule has 4 N–H and O–H groups in total. The van der Waals surface area contributed by atoms with Crippen LogP contribution < -0.4 is 20.9 Å². The van der Waals surface area contributed by atoms with Crippen molar-refractivity contribution in [3.8, 4) is 5.75 Å². The van der Waals surface area contributed by atoms with Gasteiger partial charge in [-0.2, -0.15) is 0 Å². The Morgan fingerprint density at radius 2 is 1.71 bits per heavy atom. The van der Waals surface area contributed by atoms with Crippen molar-refractivity contribution in [3.05, 3.63) is 89.7 Å². The van der Waals surface area contributed by atoms with Gasteiger partial charge in [0.2, 0.25) is 5.91 Å². The van der Waals surface area contributed by atoms with E-state index in [0.717, 1.165) is 37.4 Å². The fourth-order valence-electron chi connectivity index (χ4n) is 3.92. The Hall–Kier alpha value is -3.91. The number of benzene rings is 3. The van der Waals surface area contributed by atoms with E-state index in [-0.39, 0.29) is 18.1 Å². The molecule has 34 heavy (non-hydrogen) atoms. The maximum Gasteiger partial charge on any atom is 0.251 e. The van der Waals surface area contributed by atoms with Gasteiger partial charge in [-0.1, -0.05) is 30.3 Å². The topological polar surface area (TPSA) is 93.7 Å². The highest BCUT2D eigenvalue weighted by Crippen LogP contribution is 2.27. The van der Waals surface area contributed by atoms with Gasteiger partial charge in [-0.05, 0) is 48.0 Å². The fraction of sp³-hybridized carbons (Fsp3) is 0.231. The van der Waals surface area contributed by atoms with Crippen LogP contribution in [0.25, 0.3) is 0 Å². The fourth-order valence-corrected chi connectivity index (χ4v) is 3.92. The Morgan fingerprint density at radius 1 is 1.00 bits per heavy atom. The molecule has 3 aromatic rings. The lowest BCUT2D eigenvalue weighted by Crippen LogP contribution is -2.46. The van der Waals surface area contributed by atoms with Gasteiger partial charge in [0, 0.05) is 38.2 Å². The molecule has 7 nitrogen and oxygen atoms in total. The maximum absolute atomic E-state index is 14.1. The number of hydrogen-bond donors (Lipinski definition) is 4. The molecule has 1 saturated heterocycles. The minimum Gasteiger partial charge on any atom is -0.508 e. The third kappa shape index (κ3) is 5.90. The standard InChI is InChI=1S/C26H27FN4O3/c27-20-8-11-24(31-14-12-28-13-15-31)22(17-20)29-26(34)23(16-18-6-9-21(32)10-7-18)30-25(33)19-4-2-1-3-5-19/h1-11,17,23,28,32H,12-16H2,(H,29,34)(H,30,33). The number of hydrogen-bond acceptors (Lipinski definition) is 5. The first-order valence-electron chi connectivity index (χ1n) is 11.2. The summed E-state index contributed by atoms with van der Waals surface area (Å²) in [5.41, 5.74) is 2.27. The predicted octanol–water partition coefficient (Wildman–Crippen LogP) is 2.92. The zero-order valence-electron chi connectivity index (χ0n) is 18.6. The molecular weight excluding hydrogens is 435 g/mol. The van der Waals surface area contributed by atoms with E-state index in [9.17, 15) is 19.1 Å². The molecule has 1 fully saturated rings. The van der Waals surface area contributed by atoms with E-state index in [1.54, 1.807) is 48.5 Å². The normalized spacial score (nSPS) is 14.3. The van der Waals surface area contributed by atoms with Gasteiger partial charge in [0.15, 0.2) is 0 Å². The summed E-state index contributed by atoms with van der Waals surface area (Å²) in [5, 5.41) is 18.5. The molecule has 0 spiro atoms. The second kappa shape index (κ2) is 10.8. The van der Waals surface area contributed by atoms with Gasteiger partial charge >= 0.3 is 0 Å². The molecule has 3 aromatic carbocycles. The van der Waals surface area contributed by atoms with Crippen molar-refractivity contribution >= 4 is 23.2 Å². The highest BCUT2D eigenvalue weighted by atomic mass is 19.1. The molecule has 4 rings (SSSR count). The quantitative estimate of drug-likeness (QED) is 0.433. The SMILES string of the molecule is O=C(NC(Cc1ccc(O)cc1)C(=O)Nc1cc(F)ccc1N1CCNCC1)c1ccccc1. The smallest absolute Gasteiger partial charge is 0.251 e. The van der Waals surface area contributed by atoms with Gasteiger partial charge in [0.1, 0.15) is 17.6 Å². The van der Waals surface area contributed by atoms with Crippen LogP contribution in [0, 0.1) is 5.82 Å². The molecule has 1 aliphatic rings. The molecule has 1 heterocycles. The van der Waals surface area contributed by atoms with Crippen LogP contribution >= 0.6 is 0 Å². The number of phenols is 1. The predicted molar refractivity (Wildman–Crippen MR) is 130 cm³/mol. The number of piperazine rings is 1. The van der Waals surface area contributed by atoms with E-state index in [2.05, 4.69) is 20.9 Å².